The van der Waals surface area contributed by atoms with Crippen LogP contribution in [0, 0.1) is 0 Å². The van der Waals surface area contributed by atoms with Crippen LogP contribution in [0.15, 0.2) is 16.6 Å². The topological polar surface area (TPSA) is 64.6 Å². The first-order chi connectivity index (χ1) is 9.14. The Morgan fingerprint density at radius 3 is 2.40 bits per heavy atom. The predicted octanol–water partition coefficient (Wildman–Crippen LogP) is 4.24. The Kier molecular flexibility index (Phi) is 5.42. The molecule has 7 heteroatoms. The summed E-state index contributed by atoms with van der Waals surface area (Å²) in [5.74, 6) is -0.589. The fourth-order valence-corrected chi connectivity index (χ4v) is 1.85. The molecule has 1 N–H and O–H groups in total. The van der Waals surface area contributed by atoms with E-state index in [1.54, 1.807) is 20.8 Å². The Hall–Kier alpha value is -1.27. The molecule has 0 saturated carbocycles. The maximum absolute atomic E-state index is 11.7. The third-order valence-corrected chi connectivity index (χ3v) is 3.30. The van der Waals surface area contributed by atoms with E-state index in [0.29, 0.717) is 9.50 Å². The van der Waals surface area contributed by atoms with Gasteiger partial charge in [-0.3, -0.25) is 5.32 Å². The van der Waals surface area contributed by atoms with E-state index in [2.05, 4.69) is 26.0 Å². The maximum Gasteiger partial charge on any atom is 0.412 e. The number of esters is 1. The average molecular weight is 365 g/mol. The molecule has 0 aliphatic rings. The average Bonchev–Trinajstić information content (AvgIpc) is 2.30. The first-order valence-electron chi connectivity index (χ1n) is 5.71. The molecule has 0 spiro atoms. The number of carbonyl (C=O) groups is 2. The van der Waals surface area contributed by atoms with Crippen molar-refractivity contribution in [3.8, 4) is 0 Å². The standard InChI is InChI=1S/C13H15BrClNO4/c1-13(2,3)20-12(18)16-10-6-9(15)8(14)5-7(10)11(17)19-4/h5-6H,1-4H3,(H,16,18). The van der Waals surface area contributed by atoms with Gasteiger partial charge in [0.25, 0.3) is 0 Å². The van der Waals surface area contributed by atoms with E-state index in [0.717, 1.165) is 0 Å². The van der Waals surface area contributed by atoms with Gasteiger partial charge in [-0.2, -0.15) is 0 Å². The third-order valence-electron chi connectivity index (χ3n) is 2.10. The van der Waals surface area contributed by atoms with E-state index in [4.69, 9.17) is 16.3 Å². The van der Waals surface area contributed by atoms with Crippen molar-refractivity contribution in [3.63, 3.8) is 0 Å². The zero-order valence-electron chi connectivity index (χ0n) is 11.5. The molecule has 0 fully saturated rings. The molecule has 1 amide bonds. The molecule has 0 atom stereocenters. The number of ether oxygens (including phenoxy) is 2. The Balaban J connectivity index is 3.07. The molecule has 20 heavy (non-hydrogen) atoms. The number of amides is 1. The van der Waals surface area contributed by atoms with Gasteiger partial charge < -0.3 is 9.47 Å². The van der Waals surface area contributed by atoms with Crippen LogP contribution < -0.4 is 5.32 Å². The fraction of sp³-hybridized carbons (Fsp3) is 0.385. The molecule has 5 nitrogen and oxygen atoms in total. The Bertz CT molecular complexity index is 540. The first kappa shape index (κ1) is 16.8. The van der Waals surface area contributed by atoms with Gasteiger partial charge >= 0.3 is 12.1 Å². The first-order valence-corrected chi connectivity index (χ1v) is 6.88. The highest BCUT2D eigenvalue weighted by Gasteiger charge is 2.20. The van der Waals surface area contributed by atoms with E-state index >= 15 is 0 Å². The van der Waals surface area contributed by atoms with Gasteiger partial charge in [-0.15, -0.1) is 0 Å². The van der Waals surface area contributed by atoms with E-state index in [1.165, 1.54) is 19.2 Å². The van der Waals surface area contributed by atoms with Gasteiger partial charge in [0.1, 0.15) is 5.60 Å². The molecular weight excluding hydrogens is 350 g/mol. The lowest BCUT2D eigenvalue weighted by atomic mass is 10.2. The lowest BCUT2D eigenvalue weighted by Gasteiger charge is -2.20. The minimum Gasteiger partial charge on any atom is -0.465 e. The van der Waals surface area contributed by atoms with Crippen LogP contribution in [0.4, 0.5) is 10.5 Å². The normalized spacial score (nSPS) is 10.9. The van der Waals surface area contributed by atoms with Crippen molar-refractivity contribution in [2.45, 2.75) is 26.4 Å². The van der Waals surface area contributed by atoms with Crippen LogP contribution in [0.25, 0.3) is 0 Å². The highest BCUT2D eigenvalue weighted by molar-refractivity contribution is 9.10. The van der Waals surface area contributed by atoms with Gasteiger partial charge in [-0.05, 0) is 48.8 Å². The number of hydrogen-bond acceptors (Lipinski definition) is 4. The molecule has 0 aliphatic heterocycles. The van der Waals surface area contributed by atoms with Crippen molar-refractivity contribution in [1.82, 2.24) is 0 Å². The third kappa shape index (κ3) is 4.68. The van der Waals surface area contributed by atoms with Crippen LogP contribution in [-0.4, -0.2) is 24.8 Å². The predicted molar refractivity (Wildman–Crippen MR) is 80.3 cm³/mol. The summed E-state index contributed by atoms with van der Waals surface area (Å²) < 4.78 is 10.3. The van der Waals surface area contributed by atoms with Gasteiger partial charge in [0, 0.05) is 4.47 Å². The lowest BCUT2D eigenvalue weighted by Crippen LogP contribution is -2.27. The molecule has 1 aromatic carbocycles. The molecule has 0 bridgehead atoms. The SMILES string of the molecule is COC(=O)c1cc(Br)c(Cl)cc1NC(=O)OC(C)(C)C. The van der Waals surface area contributed by atoms with Crippen LogP contribution >= 0.6 is 27.5 Å². The highest BCUT2D eigenvalue weighted by atomic mass is 79.9. The molecule has 0 unspecified atom stereocenters. The molecule has 1 rings (SSSR count). The minimum atomic E-state index is -0.680. The van der Waals surface area contributed by atoms with Crippen molar-refractivity contribution in [3.05, 3.63) is 27.2 Å². The van der Waals surface area contributed by atoms with Crippen LogP contribution in [0.3, 0.4) is 0 Å². The molecule has 0 saturated heterocycles. The lowest BCUT2D eigenvalue weighted by molar-refractivity contribution is 0.0602. The van der Waals surface area contributed by atoms with Crippen molar-refractivity contribution < 1.29 is 19.1 Å². The second kappa shape index (κ2) is 6.45. The molecule has 1 aromatic rings. The van der Waals surface area contributed by atoms with Crippen LogP contribution in [0.5, 0.6) is 0 Å². The smallest absolute Gasteiger partial charge is 0.412 e. The van der Waals surface area contributed by atoms with Crippen molar-refractivity contribution in [1.29, 1.82) is 0 Å². The summed E-state index contributed by atoms with van der Waals surface area (Å²) in [7, 11) is 1.25. The summed E-state index contributed by atoms with van der Waals surface area (Å²) in [6.45, 7) is 5.22. The molecule has 0 heterocycles. The van der Waals surface area contributed by atoms with Crippen molar-refractivity contribution in [2.24, 2.45) is 0 Å². The molecule has 110 valence electrons. The molecule has 0 aromatic heterocycles. The van der Waals surface area contributed by atoms with Crippen molar-refractivity contribution >= 4 is 45.3 Å². The number of rotatable bonds is 2. The summed E-state index contributed by atoms with van der Waals surface area (Å²) in [6, 6.07) is 2.92. The van der Waals surface area contributed by atoms with Crippen LogP contribution in [-0.2, 0) is 9.47 Å². The monoisotopic (exact) mass is 363 g/mol. The van der Waals surface area contributed by atoms with E-state index < -0.39 is 17.7 Å². The summed E-state index contributed by atoms with van der Waals surface area (Å²) in [5.41, 5.74) is -0.247. The summed E-state index contributed by atoms with van der Waals surface area (Å²) in [6.07, 6.45) is -0.680. The quantitative estimate of drug-likeness (QED) is 0.797. The Morgan fingerprint density at radius 1 is 1.30 bits per heavy atom. The molecule has 0 radical (unpaired) electrons. The van der Waals surface area contributed by atoms with Gasteiger partial charge in [0.15, 0.2) is 0 Å². The summed E-state index contributed by atoms with van der Waals surface area (Å²) >= 11 is 9.17. The number of halogens is 2. The van der Waals surface area contributed by atoms with Crippen LogP contribution in [0.1, 0.15) is 31.1 Å². The summed E-state index contributed by atoms with van der Waals surface area (Å²) in [4.78, 5) is 23.4. The molecule has 0 aliphatic carbocycles. The minimum absolute atomic E-state index is 0.176. The largest absolute Gasteiger partial charge is 0.465 e. The highest BCUT2D eigenvalue weighted by Crippen LogP contribution is 2.30. The van der Waals surface area contributed by atoms with Gasteiger partial charge in [0.05, 0.1) is 23.4 Å². The van der Waals surface area contributed by atoms with Crippen LogP contribution in [0.2, 0.25) is 5.02 Å². The van der Waals surface area contributed by atoms with E-state index in [9.17, 15) is 9.59 Å². The van der Waals surface area contributed by atoms with Gasteiger partial charge in [0.2, 0.25) is 0 Å². The number of hydrogen-bond donors (Lipinski definition) is 1. The maximum atomic E-state index is 11.7. The Morgan fingerprint density at radius 2 is 1.90 bits per heavy atom. The number of methoxy groups -OCH3 is 1. The Labute approximate surface area is 130 Å². The second-order valence-electron chi connectivity index (χ2n) is 4.93. The molecular formula is C13H15BrClNO4. The zero-order chi connectivity index (χ0) is 15.5. The van der Waals surface area contributed by atoms with Crippen molar-refractivity contribution in [2.75, 3.05) is 12.4 Å². The van der Waals surface area contributed by atoms with Gasteiger partial charge in [-0.25, -0.2) is 9.59 Å². The number of benzene rings is 1. The second-order valence-corrected chi connectivity index (χ2v) is 6.19. The number of carbonyl (C=O) groups excluding carboxylic acids is 2. The van der Waals surface area contributed by atoms with E-state index in [1.807, 2.05) is 0 Å². The zero-order valence-corrected chi connectivity index (χ0v) is 13.9. The fourth-order valence-electron chi connectivity index (χ4n) is 1.34. The summed E-state index contributed by atoms with van der Waals surface area (Å²) in [5, 5.41) is 2.83. The van der Waals surface area contributed by atoms with E-state index in [-0.39, 0.29) is 11.3 Å². The van der Waals surface area contributed by atoms with Gasteiger partial charge in [-0.1, -0.05) is 11.6 Å². The number of nitrogens with one attached hydrogen (secondary N) is 1. The number of anilines is 1.